The molecule has 0 saturated heterocycles. The molecule has 1 N–H and O–H groups in total. The molecule has 0 heterocycles. The zero-order valence-corrected chi connectivity index (χ0v) is 17.0. The normalized spacial score (nSPS) is 12.8. The van der Waals surface area contributed by atoms with Gasteiger partial charge in [0.2, 0.25) is 0 Å². The molecule has 1 unspecified atom stereocenters. The highest BCUT2D eigenvalue weighted by molar-refractivity contribution is 5.72. The Morgan fingerprint density at radius 3 is 2.20 bits per heavy atom. The fraction of sp³-hybridized carbons (Fsp3) is 0.409. The van der Waals surface area contributed by atoms with Crippen LogP contribution >= 0.6 is 0 Å². The van der Waals surface area contributed by atoms with Crippen molar-refractivity contribution in [2.75, 3.05) is 7.11 Å². The van der Waals surface area contributed by atoms with Gasteiger partial charge in [-0.3, -0.25) is 0 Å². The second kappa shape index (κ2) is 10.4. The van der Waals surface area contributed by atoms with E-state index in [1.54, 1.807) is 32.0 Å². The summed E-state index contributed by atoms with van der Waals surface area (Å²) in [5.74, 6) is -0.470. The van der Waals surface area contributed by atoms with Gasteiger partial charge in [0.15, 0.2) is 6.10 Å². The molecular weight excluding hydrogens is 401 g/mol. The van der Waals surface area contributed by atoms with E-state index in [0.717, 1.165) is 17.7 Å². The summed E-state index contributed by atoms with van der Waals surface area (Å²) in [6.45, 7) is 3.81. The van der Waals surface area contributed by atoms with Gasteiger partial charge in [0.05, 0.1) is 32.0 Å². The van der Waals surface area contributed by atoms with Gasteiger partial charge >= 0.3 is 12.1 Å². The lowest BCUT2D eigenvalue weighted by Crippen LogP contribution is -2.29. The Hall–Kier alpha value is -2.58. The fourth-order valence-electron chi connectivity index (χ4n) is 2.88. The second-order valence-electron chi connectivity index (χ2n) is 7.05. The van der Waals surface area contributed by atoms with Gasteiger partial charge in [-0.1, -0.05) is 18.2 Å². The predicted octanol–water partition coefficient (Wildman–Crippen LogP) is 4.85. The van der Waals surface area contributed by atoms with Crippen molar-refractivity contribution in [1.82, 2.24) is 0 Å². The van der Waals surface area contributed by atoms with E-state index in [2.05, 4.69) is 0 Å². The zero-order valence-electron chi connectivity index (χ0n) is 17.0. The monoisotopic (exact) mass is 426 g/mol. The van der Waals surface area contributed by atoms with Crippen LogP contribution in [0.15, 0.2) is 42.5 Å². The van der Waals surface area contributed by atoms with Crippen LogP contribution in [0.5, 0.6) is 5.75 Å². The van der Waals surface area contributed by atoms with Crippen LogP contribution in [0.1, 0.15) is 36.1 Å². The molecule has 0 fully saturated rings. The number of ether oxygens (including phenoxy) is 3. The van der Waals surface area contributed by atoms with E-state index >= 15 is 0 Å². The van der Waals surface area contributed by atoms with Crippen molar-refractivity contribution >= 4 is 5.97 Å². The van der Waals surface area contributed by atoms with Gasteiger partial charge in [-0.2, -0.15) is 13.2 Å². The van der Waals surface area contributed by atoms with Gasteiger partial charge in [0.1, 0.15) is 5.75 Å². The molecule has 164 valence electrons. The number of alkyl halides is 3. The minimum Gasteiger partial charge on any atom is -0.496 e. The Bertz CT molecular complexity index is 832. The molecule has 0 radical (unpaired) electrons. The van der Waals surface area contributed by atoms with Gasteiger partial charge < -0.3 is 19.3 Å². The molecule has 0 bridgehead atoms. The minimum atomic E-state index is -4.37. The average Bonchev–Trinajstić information content (AvgIpc) is 2.67. The summed E-state index contributed by atoms with van der Waals surface area (Å²) >= 11 is 0. The van der Waals surface area contributed by atoms with E-state index in [1.807, 2.05) is 0 Å². The van der Waals surface area contributed by atoms with E-state index in [9.17, 15) is 23.1 Å². The Morgan fingerprint density at radius 1 is 1.03 bits per heavy atom. The Balaban J connectivity index is 2.04. The first-order valence-electron chi connectivity index (χ1n) is 9.38. The van der Waals surface area contributed by atoms with Crippen molar-refractivity contribution in [2.24, 2.45) is 0 Å². The van der Waals surface area contributed by atoms with E-state index < -0.39 is 23.8 Å². The van der Waals surface area contributed by atoms with E-state index in [0.29, 0.717) is 16.9 Å². The molecule has 5 nitrogen and oxygen atoms in total. The van der Waals surface area contributed by atoms with Crippen LogP contribution in [0.25, 0.3) is 0 Å². The standard InChI is InChI=1S/C22H25F3O5/c1-14(2)30-20(21(26)27)11-16-6-9-19(28-3)17(10-16)13-29-12-15-4-7-18(8-5-15)22(23,24)25/h4-10,14,20H,11-13H2,1-3H3,(H,26,27). The highest BCUT2D eigenvalue weighted by atomic mass is 19.4. The van der Waals surface area contributed by atoms with Crippen molar-refractivity contribution in [3.63, 3.8) is 0 Å². The van der Waals surface area contributed by atoms with E-state index in [4.69, 9.17) is 14.2 Å². The first-order valence-corrected chi connectivity index (χ1v) is 9.38. The second-order valence-corrected chi connectivity index (χ2v) is 7.05. The SMILES string of the molecule is COc1ccc(CC(OC(C)C)C(=O)O)cc1COCc1ccc(C(F)(F)F)cc1. The molecule has 0 aliphatic heterocycles. The quantitative estimate of drug-likeness (QED) is 0.588. The third kappa shape index (κ3) is 7.03. The predicted molar refractivity (Wildman–Crippen MR) is 104 cm³/mol. The molecule has 0 spiro atoms. The van der Waals surface area contributed by atoms with Crippen molar-refractivity contribution in [2.45, 2.75) is 51.9 Å². The summed E-state index contributed by atoms with van der Waals surface area (Å²) in [5.41, 5.74) is 1.35. The zero-order chi connectivity index (χ0) is 22.3. The number of carbonyl (C=O) groups is 1. The van der Waals surface area contributed by atoms with Gasteiger partial charge in [-0.05, 0) is 49.2 Å². The lowest BCUT2D eigenvalue weighted by Gasteiger charge is -2.17. The molecule has 0 saturated carbocycles. The number of aliphatic carboxylic acids is 1. The number of carboxylic acids is 1. The molecular formula is C22H25F3O5. The lowest BCUT2D eigenvalue weighted by atomic mass is 10.0. The number of hydrogen-bond donors (Lipinski definition) is 1. The molecule has 30 heavy (non-hydrogen) atoms. The summed E-state index contributed by atoms with van der Waals surface area (Å²) < 4.78 is 54.3. The van der Waals surface area contributed by atoms with Crippen LogP contribution in [0, 0.1) is 0 Å². The van der Waals surface area contributed by atoms with Crippen LogP contribution in [0.4, 0.5) is 13.2 Å². The van der Waals surface area contributed by atoms with Gasteiger partial charge in [0.25, 0.3) is 0 Å². The molecule has 0 aliphatic rings. The van der Waals surface area contributed by atoms with E-state index in [-0.39, 0.29) is 25.7 Å². The topological polar surface area (TPSA) is 65.0 Å². The van der Waals surface area contributed by atoms with Crippen molar-refractivity contribution in [1.29, 1.82) is 0 Å². The highest BCUT2D eigenvalue weighted by Gasteiger charge is 2.29. The van der Waals surface area contributed by atoms with Crippen LogP contribution in [0.2, 0.25) is 0 Å². The van der Waals surface area contributed by atoms with Crippen molar-refractivity contribution in [3.8, 4) is 5.75 Å². The maximum atomic E-state index is 12.6. The first-order chi connectivity index (χ1) is 14.1. The van der Waals surface area contributed by atoms with E-state index in [1.165, 1.54) is 19.2 Å². The largest absolute Gasteiger partial charge is 0.496 e. The maximum Gasteiger partial charge on any atom is 0.416 e. The fourth-order valence-corrected chi connectivity index (χ4v) is 2.88. The molecule has 2 aromatic rings. The maximum absolute atomic E-state index is 12.6. The summed E-state index contributed by atoms with van der Waals surface area (Å²) in [6.07, 6.45) is -5.39. The molecule has 0 amide bonds. The van der Waals surface area contributed by atoms with Crippen molar-refractivity contribution in [3.05, 3.63) is 64.7 Å². The molecule has 0 aromatic heterocycles. The number of carboxylic acid groups (broad SMARTS) is 1. The van der Waals surface area contributed by atoms with Crippen LogP contribution in [-0.2, 0) is 40.1 Å². The van der Waals surface area contributed by atoms with Gasteiger partial charge in [-0.15, -0.1) is 0 Å². The molecule has 8 heteroatoms. The van der Waals surface area contributed by atoms with Gasteiger partial charge in [0, 0.05) is 12.0 Å². The number of benzene rings is 2. The summed E-state index contributed by atoms with van der Waals surface area (Å²) in [5, 5.41) is 9.35. The number of rotatable bonds is 10. The first kappa shape index (κ1) is 23.7. The lowest BCUT2D eigenvalue weighted by molar-refractivity contribution is -0.153. The minimum absolute atomic E-state index is 0.125. The van der Waals surface area contributed by atoms with Crippen molar-refractivity contribution < 1.29 is 37.3 Å². The molecule has 1 atom stereocenters. The van der Waals surface area contributed by atoms with Crippen LogP contribution in [-0.4, -0.2) is 30.4 Å². The molecule has 0 aliphatic carbocycles. The van der Waals surface area contributed by atoms with Gasteiger partial charge in [-0.25, -0.2) is 4.79 Å². The number of hydrogen-bond acceptors (Lipinski definition) is 4. The Morgan fingerprint density at radius 2 is 1.67 bits per heavy atom. The summed E-state index contributed by atoms with van der Waals surface area (Å²) in [4.78, 5) is 11.4. The third-order valence-electron chi connectivity index (χ3n) is 4.29. The summed E-state index contributed by atoms with van der Waals surface area (Å²) in [7, 11) is 1.51. The number of methoxy groups -OCH3 is 1. The van der Waals surface area contributed by atoms with Crippen LogP contribution < -0.4 is 4.74 Å². The summed E-state index contributed by atoms with van der Waals surface area (Å²) in [6, 6.07) is 10.0. The van der Waals surface area contributed by atoms with Crippen LogP contribution in [0.3, 0.4) is 0 Å². The Kier molecular flexibility index (Phi) is 8.25. The molecule has 2 rings (SSSR count). The average molecular weight is 426 g/mol. The molecule has 2 aromatic carbocycles. The third-order valence-corrected chi connectivity index (χ3v) is 4.29. The highest BCUT2D eigenvalue weighted by Crippen LogP contribution is 2.29. The number of halogens is 3. The Labute approximate surface area is 173 Å². The smallest absolute Gasteiger partial charge is 0.416 e.